The molecule has 0 amide bonds. The SMILES string of the molecule is C/C=C(/C)Cc1ccc(CCC(=O)O)cc1. The van der Waals surface area contributed by atoms with Crippen LogP contribution >= 0.6 is 0 Å². The standard InChI is InChI=1S/C14H18O2/c1-3-11(2)10-13-6-4-12(5-7-13)8-9-14(15)16/h3-7H,8-10H2,1-2H3,(H,15,16)/b11-3-. The molecule has 0 unspecified atom stereocenters. The van der Waals surface area contributed by atoms with Crippen LogP contribution in [0, 0.1) is 0 Å². The monoisotopic (exact) mass is 218 g/mol. The zero-order valence-corrected chi connectivity index (χ0v) is 9.86. The molecule has 1 aromatic rings. The highest BCUT2D eigenvalue weighted by Crippen LogP contribution is 2.10. The Morgan fingerprint density at radius 3 is 2.31 bits per heavy atom. The summed E-state index contributed by atoms with van der Waals surface area (Å²) in [6.45, 7) is 4.15. The van der Waals surface area contributed by atoms with Crippen LogP contribution in [0.2, 0.25) is 0 Å². The van der Waals surface area contributed by atoms with Crippen LogP contribution in [-0.2, 0) is 17.6 Å². The van der Waals surface area contributed by atoms with Gasteiger partial charge in [-0.2, -0.15) is 0 Å². The van der Waals surface area contributed by atoms with E-state index in [2.05, 4.69) is 25.1 Å². The molecule has 16 heavy (non-hydrogen) atoms. The Kier molecular flexibility index (Phi) is 4.77. The fraction of sp³-hybridized carbons (Fsp3) is 0.357. The van der Waals surface area contributed by atoms with Gasteiger partial charge >= 0.3 is 5.97 Å². The van der Waals surface area contributed by atoms with Crippen LogP contribution in [-0.4, -0.2) is 11.1 Å². The molecule has 0 aliphatic heterocycles. The highest BCUT2D eigenvalue weighted by Gasteiger charge is 1.99. The number of aryl methyl sites for hydroxylation is 1. The molecule has 1 rings (SSSR count). The number of benzene rings is 1. The molecule has 0 atom stereocenters. The quantitative estimate of drug-likeness (QED) is 0.770. The van der Waals surface area contributed by atoms with Crippen LogP contribution in [0.15, 0.2) is 35.9 Å². The molecular formula is C14H18O2. The molecule has 0 radical (unpaired) electrons. The average Bonchev–Trinajstić information content (AvgIpc) is 2.28. The maximum absolute atomic E-state index is 10.4. The number of hydrogen-bond acceptors (Lipinski definition) is 1. The van der Waals surface area contributed by atoms with E-state index < -0.39 is 5.97 Å². The van der Waals surface area contributed by atoms with Gasteiger partial charge in [-0.1, -0.05) is 35.9 Å². The molecule has 0 bridgehead atoms. The van der Waals surface area contributed by atoms with E-state index in [1.807, 2.05) is 19.1 Å². The fourth-order valence-electron chi connectivity index (χ4n) is 1.50. The Hall–Kier alpha value is -1.57. The van der Waals surface area contributed by atoms with Crippen molar-refractivity contribution in [2.75, 3.05) is 0 Å². The third kappa shape index (κ3) is 4.30. The van der Waals surface area contributed by atoms with Crippen molar-refractivity contribution in [1.82, 2.24) is 0 Å². The molecule has 1 aromatic carbocycles. The summed E-state index contributed by atoms with van der Waals surface area (Å²) in [4.78, 5) is 10.4. The van der Waals surface area contributed by atoms with Gasteiger partial charge < -0.3 is 5.11 Å². The van der Waals surface area contributed by atoms with Crippen molar-refractivity contribution in [2.24, 2.45) is 0 Å². The first-order chi connectivity index (χ1) is 7.61. The van der Waals surface area contributed by atoms with E-state index in [1.54, 1.807) is 0 Å². The minimum absolute atomic E-state index is 0.202. The van der Waals surface area contributed by atoms with E-state index in [0.29, 0.717) is 6.42 Å². The first kappa shape index (κ1) is 12.5. The minimum Gasteiger partial charge on any atom is -0.481 e. The number of hydrogen-bond donors (Lipinski definition) is 1. The highest BCUT2D eigenvalue weighted by molar-refractivity contribution is 5.67. The summed E-state index contributed by atoms with van der Waals surface area (Å²) in [5, 5.41) is 8.57. The molecule has 0 aliphatic rings. The molecule has 0 heterocycles. The van der Waals surface area contributed by atoms with Crippen molar-refractivity contribution in [1.29, 1.82) is 0 Å². The maximum atomic E-state index is 10.4. The van der Waals surface area contributed by atoms with Crippen LogP contribution in [0.25, 0.3) is 0 Å². The topological polar surface area (TPSA) is 37.3 Å². The molecule has 0 saturated heterocycles. The minimum atomic E-state index is -0.742. The van der Waals surface area contributed by atoms with Gasteiger partial charge in [-0.3, -0.25) is 4.79 Å². The van der Waals surface area contributed by atoms with Crippen molar-refractivity contribution < 1.29 is 9.90 Å². The van der Waals surface area contributed by atoms with Gasteiger partial charge in [0.25, 0.3) is 0 Å². The van der Waals surface area contributed by atoms with Crippen LogP contribution < -0.4 is 0 Å². The van der Waals surface area contributed by atoms with Crippen LogP contribution in [0.5, 0.6) is 0 Å². The molecule has 0 spiro atoms. The van der Waals surface area contributed by atoms with Gasteiger partial charge in [0.15, 0.2) is 0 Å². The lowest BCUT2D eigenvalue weighted by atomic mass is 10.0. The number of carbonyl (C=O) groups is 1. The normalized spacial score (nSPS) is 11.5. The van der Waals surface area contributed by atoms with Crippen molar-refractivity contribution >= 4 is 5.97 Å². The number of rotatable bonds is 5. The van der Waals surface area contributed by atoms with E-state index >= 15 is 0 Å². The molecule has 2 nitrogen and oxygen atoms in total. The lowest BCUT2D eigenvalue weighted by molar-refractivity contribution is -0.136. The van der Waals surface area contributed by atoms with E-state index in [4.69, 9.17) is 5.11 Å². The second-order valence-corrected chi connectivity index (χ2v) is 4.02. The van der Waals surface area contributed by atoms with Crippen molar-refractivity contribution in [3.63, 3.8) is 0 Å². The van der Waals surface area contributed by atoms with Crippen molar-refractivity contribution in [2.45, 2.75) is 33.1 Å². The molecular weight excluding hydrogens is 200 g/mol. The summed E-state index contributed by atoms with van der Waals surface area (Å²) >= 11 is 0. The van der Waals surface area contributed by atoms with E-state index in [1.165, 1.54) is 11.1 Å². The van der Waals surface area contributed by atoms with Crippen molar-refractivity contribution in [3.05, 3.63) is 47.0 Å². The summed E-state index contributed by atoms with van der Waals surface area (Å²) in [7, 11) is 0. The molecule has 0 aromatic heterocycles. The van der Waals surface area contributed by atoms with Crippen molar-refractivity contribution in [3.8, 4) is 0 Å². The van der Waals surface area contributed by atoms with Gasteiger partial charge in [-0.05, 0) is 37.8 Å². The van der Waals surface area contributed by atoms with E-state index in [9.17, 15) is 4.79 Å². The smallest absolute Gasteiger partial charge is 0.303 e. The Morgan fingerprint density at radius 1 is 1.25 bits per heavy atom. The molecule has 1 N–H and O–H groups in total. The van der Waals surface area contributed by atoms with Gasteiger partial charge in [-0.25, -0.2) is 0 Å². The summed E-state index contributed by atoms with van der Waals surface area (Å²) in [5.74, 6) is -0.742. The zero-order chi connectivity index (χ0) is 12.0. The van der Waals surface area contributed by atoms with Gasteiger partial charge in [0.1, 0.15) is 0 Å². The molecule has 0 aliphatic carbocycles. The number of aliphatic carboxylic acids is 1. The fourth-order valence-corrected chi connectivity index (χ4v) is 1.50. The van der Waals surface area contributed by atoms with Crippen LogP contribution in [0.4, 0.5) is 0 Å². The molecule has 86 valence electrons. The Balaban J connectivity index is 2.57. The van der Waals surface area contributed by atoms with E-state index in [-0.39, 0.29) is 6.42 Å². The Bertz CT molecular complexity index is 374. The zero-order valence-electron chi connectivity index (χ0n) is 9.86. The summed E-state index contributed by atoms with van der Waals surface area (Å²) < 4.78 is 0. The highest BCUT2D eigenvalue weighted by atomic mass is 16.4. The first-order valence-corrected chi connectivity index (χ1v) is 5.53. The largest absolute Gasteiger partial charge is 0.481 e. The number of carboxylic acid groups (broad SMARTS) is 1. The van der Waals surface area contributed by atoms with Gasteiger partial charge in [0.2, 0.25) is 0 Å². The number of carboxylic acids is 1. The third-order valence-corrected chi connectivity index (χ3v) is 2.63. The maximum Gasteiger partial charge on any atom is 0.303 e. The number of allylic oxidation sites excluding steroid dienone is 2. The average molecular weight is 218 g/mol. The first-order valence-electron chi connectivity index (χ1n) is 5.53. The Morgan fingerprint density at radius 2 is 1.81 bits per heavy atom. The molecule has 0 fully saturated rings. The summed E-state index contributed by atoms with van der Waals surface area (Å²) in [6.07, 6.45) is 3.89. The lowest BCUT2D eigenvalue weighted by Gasteiger charge is -2.03. The second kappa shape index (κ2) is 6.11. The van der Waals surface area contributed by atoms with Crippen LogP contribution in [0.1, 0.15) is 31.4 Å². The Labute approximate surface area is 96.6 Å². The molecule has 0 saturated carbocycles. The predicted molar refractivity (Wildman–Crippen MR) is 65.5 cm³/mol. The van der Waals surface area contributed by atoms with Gasteiger partial charge in [0.05, 0.1) is 0 Å². The molecule has 2 heteroatoms. The summed E-state index contributed by atoms with van der Waals surface area (Å²) in [5.41, 5.74) is 3.71. The van der Waals surface area contributed by atoms with Crippen LogP contribution in [0.3, 0.4) is 0 Å². The lowest BCUT2D eigenvalue weighted by Crippen LogP contribution is -1.97. The van der Waals surface area contributed by atoms with Gasteiger partial charge in [0, 0.05) is 6.42 Å². The second-order valence-electron chi connectivity index (χ2n) is 4.02. The predicted octanol–water partition coefficient (Wildman–Crippen LogP) is 3.21. The summed E-state index contributed by atoms with van der Waals surface area (Å²) in [6, 6.07) is 8.18. The third-order valence-electron chi connectivity index (χ3n) is 2.63. The van der Waals surface area contributed by atoms with E-state index in [0.717, 1.165) is 12.0 Å². The van der Waals surface area contributed by atoms with Gasteiger partial charge in [-0.15, -0.1) is 0 Å².